The molecule has 0 bridgehead atoms. The van der Waals surface area contributed by atoms with Gasteiger partial charge in [0.05, 0.1) is 12.3 Å². The lowest BCUT2D eigenvalue weighted by atomic mass is 9.60. The number of sulfonamides is 1. The average Bonchev–Trinajstić information content (AvgIpc) is 2.47. The van der Waals surface area contributed by atoms with E-state index in [1.807, 2.05) is 18.2 Å². The van der Waals surface area contributed by atoms with Crippen LogP contribution >= 0.6 is 0 Å². The lowest BCUT2D eigenvalue weighted by Gasteiger charge is -2.49. The van der Waals surface area contributed by atoms with Crippen molar-refractivity contribution >= 4 is 15.7 Å². The molecular weight excluding hydrogens is 334 g/mol. The molecule has 5 nitrogen and oxygen atoms in total. The molecule has 1 aliphatic rings. The molecule has 0 aliphatic carbocycles. The predicted octanol–water partition coefficient (Wildman–Crippen LogP) is 3.60. The van der Waals surface area contributed by atoms with Crippen LogP contribution in [0.1, 0.15) is 45.6 Å². The normalized spacial score (nSPS) is 18.5. The molecule has 1 fully saturated rings. The summed E-state index contributed by atoms with van der Waals surface area (Å²) in [5.74, 6) is 0. The van der Waals surface area contributed by atoms with Crippen molar-refractivity contribution in [1.82, 2.24) is 4.90 Å². The molecule has 0 saturated carbocycles. The highest BCUT2D eigenvalue weighted by molar-refractivity contribution is 7.92. The molecule has 1 aliphatic heterocycles. The van der Waals surface area contributed by atoms with Crippen molar-refractivity contribution in [3.05, 3.63) is 29.8 Å². The van der Waals surface area contributed by atoms with Crippen LogP contribution in [0.5, 0.6) is 0 Å². The van der Waals surface area contributed by atoms with Crippen molar-refractivity contribution in [2.45, 2.75) is 46.6 Å². The van der Waals surface area contributed by atoms with E-state index in [1.54, 1.807) is 6.07 Å². The zero-order valence-electron chi connectivity index (χ0n) is 15.7. The maximum atomic E-state index is 11.4. The van der Waals surface area contributed by atoms with E-state index in [0.29, 0.717) is 12.1 Å². The van der Waals surface area contributed by atoms with E-state index in [1.165, 1.54) is 0 Å². The topological polar surface area (TPSA) is 73.2 Å². The Labute approximate surface area is 152 Å². The smallest absolute Gasteiger partial charge is 0.229 e. The van der Waals surface area contributed by atoms with Gasteiger partial charge < -0.3 is 0 Å². The Balaban J connectivity index is 2.03. The second kappa shape index (κ2) is 7.35. The van der Waals surface area contributed by atoms with E-state index >= 15 is 0 Å². The summed E-state index contributed by atoms with van der Waals surface area (Å²) in [6.07, 6.45) is 3.81. The molecule has 1 aromatic rings. The van der Waals surface area contributed by atoms with Gasteiger partial charge in [0.1, 0.15) is 0 Å². The van der Waals surface area contributed by atoms with E-state index in [2.05, 4.69) is 36.5 Å². The first-order valence-electron chi connectivity index (χ1n) is 8.71. The molecule has 1 heterocycles. The van der Waals surface area contributed by atoms with Crippen molar-refractivity contribution in [1.29, 1.82) is 5.26 Å². The lowest BCUT2D eigenvalue weighted by molar-refractivity contribution is 0.00711. The quantitative estimate of drug-likeness (QED) is 0.867. The van der Waals surface area contributed by atoms with Gasteiger partial charge in [-0.1, -0.05) is 32.9 Å². The number of hydrogen-bond acceptors (Lipinski definition) is 4. The van der Waals surface area contributed by atoms with Crippen LogP contribution in [0.2, 0.25) is 0 Å². The number of rotatable bonds is 5. The van der Waals surface area contributed by atoms with Crippen LogP contribution < -0.4 is 4.72 Å². The van der Waals surface area contributed by atoms with Crippen LogP contribution in [0, 0.1) is 22.2 Å². The highest BCUT2D eigenvalue weighted by Crippen LogP contribution is 2.49. The number of likely N-dealkylation sites (tertiary alicyclic amines) is 1. The van der Waals surface area contributed by atoms with Gasteiger partial charge in [0.25, 0.3) is 0 Å². The molecule has 1 N–H and O–H groups in total. The molecule has 0 unspecified atom stereocenters. The summed E-state index contributed by atoms with van der Waals surface area (Å²) in [6.45, 7) is 9.43. The summed E-state index contributed by atoms with van der Waals surface area (Å²) in [5.41, 5.74) is 1.90. The Morgan fingerprint density at radius 2 is 1.92 bits per heavy atom. The minimum atomic E-state index is -3.26. The average molecular weight is 364 g/mol. The zero-order chi connectivity index (χ0) is 18.7. The molecule has 0 atom stereocenters. The summed E-state index contributed by atoms with van der Waals surface area (Å²) in [6, 6.07) is 9.95. The maximum Gasteiger partial charge on any atom is 0.229 e. The van der Waals surface area contributed by atoms with E-state index in [4.69, 9.17) is 0 Å². The number of nitriles is 1. The molecule has 1 saturated heterocycles. The number of nitrogens with zero attached hydrogens (tertiary/aromatic N) is 2. The van der Waals surface area contributed by atoms with E-state index in [9.17, 15) is 13.7 Å². The van der Waals surface area contributed by atoms with Crippen LogP contribution in [-0.2, 0) is 16.6 Å². The molecular formula is C19H29N3O2S. The van der Waals surface area contributed by atoms with Crippen molar-refractivity contribution in [3.63, 3.8) is 0 Å². The van der Waals surface area contributed by atoms with Crippen LogP contribution in [0.3, 0.4) is 0 Å². The van der Waals surface area contributed by atoms with Gasteiger partial charge in [-0.3, -0.25) is 9.62 Å². The van der Waals surface area contributed by atoms with Gasteiger partial charge in [-0.25, -0.2) is 8.42 Å². The van der Waals surface area contributed by atoms with Crippen LogP contribution in [0.15, 0.2) is 24.3 Å². The van der Waals surface area contributed by atoms with E-state index in [-0.39, 0.29) is 10.8 Å². The number of hydrogen-bond donors (Lipinski definition) is 1. The van der Waals surface area contributed by atoms with Crippen molar-refractivity contribution in [2.75, 3.05) is 24.1 Å². The van der Waals surface area contributed by atoms with Gasteiger partial charge in [-0.15, -0.1) is 0 Å². The Morgan fingerprint density at radius 1 is 1.28 bits per heavy atom. The standard InChI is InChI=1S/C19H29N3O2S/c1-18(2,3)19(8-11-20)9-12-22(13-10-19)15-16-6-5-7-17(14-16)21-25(4,23)24/h5-7,14,21H,8-10,12-13,15H2,1-4H3. The van der Waals surface area contributed by atoms with Crippen LogP contribution in [0.4, 0.5) is 5.69 Å². The SMILES string of the molecule is CC(C)(C)C1(CC#N)CCN(Cc2cccc(NS(C)(=O)=O)c2)CC1. The highest BCUT2D eigenvalue weighted by Gasteiger charge is 2.43. The molecule has 1 aromatic carbocycles. The van der Waals surface area contributed by atoms with Gasteiger partial charge in [0, 0.05) is 18.7 Å². The zero-order valence-corrected chi connectivity index (χ0v) is 16.5. The Bertz CT molecular complexity index is 737. The second-order valence-corrected chi connectivity index (χ2v) is 9.96. The predicted molar refractivity (Wildman–Crippen MR) is 102 cm³/mol. The first kappa shape index (κ1) is 19.7. The first-order valence-corrected chi connectivity index (χ1v) is 10.6. The fourth-order valence-electron chi connectivity index (χ4n) is 3.69. The van der Waals surface area contributed by atoms with Gasteiger partial charge in [-0.2, -0.15) is 5.26 Å². The number of nitrogens with one attached hydrogen (secondary N) is 1. The largest absolute Gasteiger partial charge is 0.299 e. The molecule has 138 valence electrons. The van der Waals surface area contributed by atoms with Gasteiger partial charge in [-0.05, 0) is 54.5 Å². The number of piperidine rings is 1. The molecule has 2 rings (SSSR count). The van der Waals surface area contributed by atoms with E-state index in [0.717, 1.165) is 44.3 Å². The summed E-state index contributed by atoms with van der Waals surface area (Å²) in [5, 5.41) is 9.25. The molecule has 0 spiro atoms. The Morgan fingerprint density at radius 3 is 2.44 bits per heavy atom. The van der Waals surface area contributed by atoms with E-state index < -0.39 is 10.0 Å². The summed E-state index contributed by atoms with van der Waals surface area (Å²) < 4.78 is 25.3. The van der Waals surface area contributed by atoms with Crippen molar-refractivity contribution in [3.8, 4) is 6.07 Å². The summed E-state index contributed by atoms with van der Waals surface area (Å²) in [7, 11) is -3.26. The molecule has 0 radical (unpaired) electrons. The van der Waals surface area contributed by atoms with Crippen molar-refractivity contribution in [2.24, 2.45) is 10.8 Å². The monoisotopic (exact) mass is 363 g/mol. The minimum Gasteiger partial charge on any atom is -0.299 e. The van der Waals surface area contributed by atoms with Crippen molar-refractivity contribution < 1.29 is 8.42 Å². The fourth-order valence-corrected chi connectivity index (χ4v) is 4.24. The van der Waals surface area contributed by atoms with Crippen LogP contribution in [-0.4, -0.2) is 32.7 Å². The third kappa shape index (κ3) is 5.20. The molecule has 0 amide bonds. The van der Waals surface area contributed by atoms with Gasteiger partial charge >= 0.3 is 0 Å². The number of anilines is 1. The fraction of sp³-hybridized carbons (Fsp3) is 0.632. The third-order valence-corrected chi connectivity index (χ3v) is 6.06. The van der Waals surface area contributed by atoms with Gasteiger partial charge in [0.15, 0.2) is 0 Å². The summed E-state index contributed by atoms with van der Waals surface area (Å²) >= 11 is 0. The van der Waals surface area contributed by atoms with Crippen LogP contribution in [0.25, 0.3) is 0 Å². The third-order valence-electron chi connectivity index (χ3n) is 5.46. The van der Waals surface area contributed by atoms with Gasteiger partial charge in [0.2, 0.25) is 10.0 Å². The number of benzene rings is 1. The molecule has 0 aromatic heterocycles. The molecule has 6 heteroatoms. The summed E-state index contributed by atoms with van der Waals surface area (Å²) in [4.78, 5) is 2.39. The second-order valence-electron chi connectivity index (χ2n) is 8.22. The molecule has 25 heavy (non-hydrogen) atoms. The maximum absolute atomic E-state index is 11.4. The first-order chi connectivity index (χ1) is 11.5. The highest BCUT2D eigenvalue weighted by atomic mass is 32.2. The lowest BCUT2D eigenvalue weighted by Crippen LogP contribution is -2.46. The Kier molecular flexibility index (Phi) is 5.80. The Hall–Kier alpha value is -1.58. The minimum absolute atomic E-state index is 0.0813.